The van der Waals surface area contributed by atoms with Crippen LogP contribution in [0.5, 0.6) is 5.75 Å². The van der Waals surface area contributed by atoms with E-state index in [9.17, 15) is 9.90 Å². The molecule has 0 amide bonds. The molecular weight excluding hydrogens is 422 g/mol. The number of fused-ring (bicyclic) bond motifs is 2. The van der Waals surface area contributed by atoms with Crippen LogP contribution in [0.25, 0.3) is 11.1 Å². The number of aryl methyl sites for hydroxylation is 1. The van der Waals surface area contributed by atoms with Crippen LogP contribution in [0.15, 0.2) is 72.8 Å². The zero-order chi connectivity index (χ0) is 23.5. The zero-order valence-electron chi connectivity index (χ0n) is 19.8. The van der Waals surface area contributed by atoms with Crippen LogP contribution in [0.2, 0.25) is 0 Å². The van der Waals surface area contributed by atoms with E-state index >= 15 is 0 Å². The second-order valence-corrected chi connectivity index (χ2v) is 9.98. The number of nitrogens with zero attached hydrogens (tertiary/aromatic N) is 1. The first-order valence-corrected chi connectivity index (χ1v) is 12.4. The van der Waals surface area contributed by atoms with Gasteiger partial charge in [0.2, 0.25) is 0 Å². The molecule has 2 atom stereocenters. The van der Waals surface area contributed by atoms with Gasteiger partial charge in [-0.05, 0) is 54.4 Å². The van der Waals surface area contributed by atoms with Crippen LogP contribution in [0.3, 0.4) is 0 Å². The van der Waals surface area contributed by atoms with Gasteiger partial charge < -0.3 is 9.84 Å². The molecule has 1 heterocycles. The molecule has 3 aromatic carbocycles. The fourth-order valence-electron chi connectivity index (χ4n) is 5.86. The van der Waals surface area contributed by atoms with Gasteiger partial charge in [0.05, 0.1) is 13.0 Å². The van der Waals surface area contributed by atoms with Crippen molar-refractivity contribution in [2.45, 2.75) is 32.7 Å². The van der Waals surface area contributed by atoms with E-state index in [0.717, 1.165) is 36.3 Å². The van der Waals surface area contributed by atoms with Gasteiger partial charge >= 0.3 is 5.97 Å². The second kappa shape index (κ2) is 10.0. The molecule has 2 fully saturated rings. The smallest absolute Gasteiger partial charge is 0.310 e. The van der Waals surface area contributed by atoms with E-state index in [2.05, 4.69) is 35.2 Å². The van der Waals surface area contributed by atoms with Gasteiger partial charge in [-0.3, -0.25) is 9.69 Å². The van der Waals surface area contributed by atoms with Crippen molar-refractivity contribution >= 4 is 5.97 Å². The first kappa shape index (κ1) is 22.7. The molecule has 2 bridgehead atoms. The Morgan fingerprint density at radius 3 is 2.35 bits per heavy atom. The van der Waals surface area contributed by atoms with E-state index in [4.69, 9.17) is 4.74 Å². The van der Waals surface area contributed by atoms with Crippen molar-refractivity contribution in [1.29, 1.82) is 0 Å². The van der Waals surface area contributed by atoms with E-state index in [-0.39, 0.29) is 18.1 Å². The van der Waals surface area contributed by atoms with Crippen molar-refractivity contribution in [2.24, 2.45) is 17.8 Å². The fraction of sp³-hybridized carbons (Fsp3) is 0.367. The minimum absolute atomic E-state index is 0.166. The molecule has 4 nitrogen and oxygen atoms in total. The minimum Gasteiger partial charge on any atom is -0.507 e. The second-order valence-electron chi connectivity index (χ2n) is 9.98. The Morgan fingerprint density at radius 2 is 1.65 bits per heavy atom. The summed E-state index contributed by atoms with van der Waals surface area (Å²) in [5, 5.41) is 10.5. The Bertz CT molecular complexity index is 1110. The Morgan fingerprint density at radius 1 is 0.941 bits per heavy atom. The maximum absolute atomic E-state index is 12.8. The predicted octanol–water partition coefficient (Wildman–Crippen LogP) is 5.61. The Labute approximate surface area is 202 Å². The molecule has 2 unspecified atom stereocenters. The third-order valence-electron chi connectivity index (χ3n) is 7.59. The summed E-state index contributed by atoms with van der Waals surface area (Å²) in [6.45, 7) is 5.70. The standard InChI is InChI=1S/C30H33NO3/c1-21-10-12-23(13-11-21)30-24(8-5-9-28(30)32)16-29(33)34-20-27-25-14-15-26(27)19-31(18-25)17-22-6-3-2-4-7-22/h2-13,25-27,32H,14-20H2,1H3. The lowest BCUT2D eigenvalue weighted by atomic mass is 9.85. The maximum atomic E-state index is 12.8. The highest BCUT2D eigenvalue weighted by Gasteiger charge is 2.42. The highest BCUT2D eigenvalue weighted by Crippen LogP contribution is 2.42. The van der Waals surface area contributed by atoms with Gasteiger partial charge in [0.25, 0.3) is 0 Å². The zero-order valence-corrected chi connectivity index (χ0v) is 19.8. The maximum Gasteiger partial charge on any atom is 0.310 e. The van der Waals surface area contributed by atoms with E-state index < -0.39 is 0 Å². The number of likely N-dealkylation sites (tertiary alicyclic amines) is 1. The number of aromatic hydroxyl groups is 1. The Kier molecular flexibility index (Phi) is 6.68. The van der Waals surface area contributed by atoms with Gasteiger partial charge in [-0.25, -0.2) is 0 Å². The molecule has 0 spiro atoms. The summed E-state index contributed by atoms with van der Waals surface area (Å²) in [6.07, 6.45) is 2.62. The van der Waals surface area contributed by atoms with Crippen LogP contribution >= 0.6 is 0 Å². The number of carbonyl (C=O) groups excluding carboxylic acids is 1. The highest BCUT2D eigenvalue weighted by atomic mass is 16.5. The van der Waals surface area contributed by atoms with E-state index in [0.29, 0.717) is 29.9 Å². The van der Waals surface area contributed by atoms with Crippen molar-refractivity contribution in [2.75, 3.05) is 19.7 Å². The van der Waals surface area contributed by atoms with Crippen LogP contribution in [0.4, 0.5) is 0 Å². The van der Waals surface area contributed by atoms with Gasteiger partial charge in [-0.2, -0.15) is 0 Å². The average Bonchev–Trinajstić information content (AvgIpc) is 3.07. The number of benzene rings is 3. The third-order valence-corrected chi connectivity index (χ3v) is 7.59. The predicted molar refractivity (Wildman–Crippen MR) is 134 cm³/mol. The molecular formula is C30H33NO3. The summed E-state index contributed by atoms with van der Waals surface area (Å²) in [4.78, 5) is 15.4. The van der Waals surface area contributed by atoms with Crippen LogP contribution in [-0.2, 0) is 22.5 Å². The van der Waals surface area contributed by atoms with Gasteiger partial charge in [0.1, 0.15) is 5.75 Å². The van der Waals surface area contributed by atoms with Gasteiger partial charge in [0, 0.05) is 31.1 Å². The van der Waals surface area contributed by atoms with Crippen molar-refractivity contribution in [1.82, 2.24) is 4.90 Å². The molecule has 1 saturated carbocycles. The quantitative estimate of drug-likeness (QED) is 0.471. The number of rotatable bonds is 7. The summed E-state index contributed by atoms with van der Waals surface area (Å²) < 4.78 is 5.83. The summed E-state index contributed by atoms with van der Waals surface area (Å²) in [5.41, 5.74) is 4.95. The molecule has 1 aliphatic carbocycles. The molecule has 34 heavy (non-hydrogen) atoms. The fourth-order valence-corrected chi connectivity index (χ4v) is 5.86. The van der Waals surface area contributed by atoms with Crippen LogP contribution < -0.4 is 0 Å². The molecule has 1 saturated heterocycles. The summed E-state index contributed by atoms with van der Waals surface area (Å²) in [6, 6.07) is 24.0. The number of carbonyl (C=O) groups is 1. The number of piperidine rings is 1. The molecule has 4 heteroatoms. The van der Waals surface area contributed by atoms with Crippen molar-refractivity contribution in [3.05, 3.63) is 89.5 Å². The summed E-state index contributed by atoms with van der Waals surface area (Å²) >= 11 is 0. The summed E-state index contributed by atoms with van der Waals surface area (Å²) in [7, 11) is 0. The highest BCUT2D eigenvalue weighted by molar-refractivity contribution is 5.80. The third kappa shape index (κ3) is 5.02. The number of hydrogen-bond acceptors (Lipinski definition) is 4. The molecule has 2 aliphatic rings. The number of esters is 1. The Hall–Kier alpha value is -3.11. The van der Waals surface area contributed by atoms with Crippen molar-refractivity contribution in [3.8, 4) is 16.9 Å². The minimum atomic E-state index is -0.218. The topological polar surface area (TPSA) is 49.8 Å². The molecule has 5 rings (SSSR count). The first-order valence-electron chi connectivity index (χ1n) is 12.4. The average molecular weight is 456 g/mol. The molecule has 1 N–H and O–H groups in total. The van der Waals surface area contributed by atoms with Crippen LogP contribution in [0, 0.1) is 24.7 Å². The van der Waals surface area contributed by atoms with E-state index in [1.54, 1.807) is 12.1 Å². The van der Waals surface area contributed by atoms with Gasteiger partial charge in [0.15, 0.2) is 0 Å². The normalized spacial score (nSPS) is 22.0. The largest absolute Gasteiger partial charge is 0.507 e. The molecule has 3 aromatic rings. The first-order chi connectivity index (χ1) is 16.6. The number of hydrogen-bond donors (Lipinski definition) is 1. The van der Waals surface area contributed by atoms with E-state index in [1.807, 2.05) is 37.3 Å². The molecule has 0 radical (unpaired) electrons. The number of phenolic OH excluding ortho intramolecular Hbond substituents is 1. The lowest BCUT2D eigenvalue weighted by Gasteiger charge is -2.37. The summed E-state index contributed by atoms with van der Waals surface area (Å²) in [5.74, 6) is 1.62. The van der Waals surface area contributed by atoms with Crippen molar-refractivity contribution < 1.29 is 14.6 Å². The number of phenols is 1. The monoisotopic (exact) mass is 455 g/mol. The Balaban J connectivity index is 1.19. The number of ether oxygens (including phenoxy) is 1. The molecule has 0 aromatic heterocycles. The molecule has 1 aliphatic heterocycles. The van der Waals surface area contributed by atoms with Gasteiger partial charge in [-0.15, -0.1) is 0 Å². The van der Waals surface area contributed by atoms with Crippen LogP contribution in [0.1, 0.15) is 29.5 Å². The molecule has 176 valence electrons. The van der Waals surface area contributed by atoms with E-state index in [1.165, 1.54) is 18.4 Å². The van der Waals surface area contributed by atoms with Crippen LogP contribution in [-0.4, -0.2) is 35.7 Å². The van der Waals surface area contributed by atoms with Gasteiger partial charge in [-0.1, -0.05) is 72.3 Å². The van der Waals surface area contributed by atoms with Crippen molar-refractivity contribution in [3.63, 3.8) is 0 Å². The lowest BCUT2D eigenvalue weighted by molar-refractivity contribution is -0.145. The SMILES string of the molecule is Cc1ccc(-c2c(O)cccc2CC(=O)OCC2C3CCC2CN(Cc2ccccc2)C3)cc1. The lowest BCUT2D eigenvalue weighted by Crippen LogP contribution is -2.43.